The van der Waals surface area contributed by atoms with Gasteiger partial charge in [0, 0.05) is 39.3 Å². The second-order valence-electron chi connectivity index (χ2n) is 10.8. The van der Waals surface area contributed by atoms with Gasteiger partial charge in [0.25, 0.3) is 0 Å². The minimum atomic E-state index is -1.64. The molecular weight excluding hydrogens is 615 g/mol. The summed E-state index contributed by atoms with van der Waals surface area (Å²) < 4.78 is 10.0. The summed E-state index contributed by atoms with van der Waals surface area (Å²) in [6.45, 7) is 8.25. The minimum Gasteiger partial charge on any atom is -0.462 e. The van der Waals surface area contributed by atoms with Gasteiger partial charge in [0.1, 0.15) is 28.1 Å². The summed E-state index contributed by atoms with van der Waals surface area (Å²) in [5.74, 6) is 2.69. The number of carbonyl (C=O) groups excluding carboxylic acids is 2. The molecule has 0 unspecified atom stereocenters. The first-order valence-electron chi connectivity index (χ1n) is 14.9. The van der Waals surface area contributed by atoms with Crippen LogP contribution in [0.1, 0.15) is 34.0 Å². The third-order valence-corrected chi connectivity index (χ3v) is 7.50. The topological polar surface area (TPSA) is 165 Å². The molecular formula is C30H38BClN8O6. The summed E-state index contributed by atoms with van der Waals surface area (Å²) >= 11 is 5.82. The van der Waals surface area contributed by atoms with Crippen molar-refractivity contribution in [3.63, 3.8) is 0 Å². The Balaban J connectivity index is 0.000000168. The molecule has 0 amide bonds. The van der Waals surface area contributed by atoms with Crippen LogP contribution in [0, 0.1) is 0 Å². The van der Waals surface area contributed by atoms with Crippen LogP contribution in [0.3, 0.4) is 0 Å². The Bertz CT molecular complexity index is 1540. The van der Waals surface area contributed by atoms with Crippen molar-refractivity contribution < 1.29 is 28.5 Å². The highest BCUT2D eigenvalue weighted by atomic mass is 35.5. The van der Waals surface area contributed by atoms with Crippen LogP contribution in [0.5, 0.6) is 0 Å². The van der Waals surface area contributed by atoms with Gasteiger partial charge >= 0.3 is 7.12 Å². The first-order valence-corrected chi connectivity index (χ1v) is 15.3. The van der Waals surface area contributed by atoms with Crippen molar-refractivity contribution in [1.82, 2.24) is 29.7 Å². The van der Waals surface area contributed by atoms with Gasteiger partial charge in [-0.15, -0.1) is 0 Å². The average Bonchev–Trinajstić information content (AvgIpc) is 3.64. The number of aromatic nitrogens is 4. The highest BCUT2D eigenvalue weighted by Gasteiger charge is 2.17. The molecule has 0 atom stereocenters. The SMILES string of the molecule is CN1CCCN(c2cncc(-c3ccc(C=O)o3)n2)CC1.CN1CCCN(c2cncc(Cl)n2)CC1.O=Cc1ccc(B(O)O)o1. The van der Waals surface area contributed by atoms with Crippen LogP contribution < -0.4 is 15.5 Å². The number of halogens is 1. The van der Waals surface area contributed by atoms with E-state index in [1.54, 1.807) is 36.9 Å². The summed E-state index contributed by atoms with van der Waals surface area (Å²) in [5, 5.41) is 17.4. The number of furan rings is 2. The fourth-order valence-corrected chi connectivity index (χ4v) is 4.93. The molecule has 4 aromatic rings. The van der Waals surface area contributed by atoms with E-state index >= 15 is 0 Å². The first-order chi connectivity index (χ1) is 22.2. The normalized spacial score (nSPS) is 15.8. The van der Waals surface area contributed by atoms with E-state index in [9.17, 15) is 9.59 Å². The van der Waals surface area contributed by atoms with Gasteiger partial charge in [0.15, 0.2) is 29.9 Å². The van der Waals surface area contributed by atoms with E-state index in [4.69, 9.17) is 26.1 Å². The lowest BCUT2D eigenvalue weighted by molar-refractivity contribution is 0.109. The molecule has 2 aliphatic heterocycles. The van der Waals surface area contributed by atoms with E-state index in [1.165, 1.54) is 12.1 Å². The molecule has 0 aromatic carbocycles. The highest BCUT2D eigenvalue weighted by molar-refractivity contribution is 6.57. The molecule has 0 aliphatic carbocycles. The molecule has 46 heavy (non-hydrogen) atoms. The van der Waals surface area contributed by atoms with Crippen molar-refractivity contribution in [3.05, 3.63) is 65.7 Å². The number of hydrogen-bond acceptors (Lipinski definition) is 14. The molecule has 4 aromatic heterocycles. The second-order valence-corrected chi connectivity index (χ2v) is 11.2. The van der Waals surface area contributed by atoms with Gasteiger partial charge in [-0.05, 0) is 64.3 Å². The summed E-state index contributed by atoms with van der Waals surface area (Å²) in [6.07, 6.45) is 10.2. The van der Waals surface area contributed by atoms with Gasteiger partial charge < -0.3 is 38.5 Å². The lowest BCUT2D eigenvalue weighted by Crippen LogP contribution is -2.29. The van der Waals surface area contributed by atoms with Gasteiger partial charge in [-0.1, -0.05) is 11.6 Å². The molecule has 6 heterocycles. The maximum Gasteiger partial charge on any atom is 0.526 e. The fraction of sp³-hybridized carbons (Fsp3) is 0.400. The van der Waals surface area contributed by atoms with Gasteiger partial charge in [-0.3, -0.25) is 19.6 Å². The maximum absolute atomic E-state index is 10.7. The quantitative estimate of drug-likeness (QED) is 0.228. The standard InChI is InChI=1S/C15H18N4O2.C10H15ClN4.C5H5BO4/c1-18-5-2-6-19(8-7-18)15-10-16-9-13(17-15)14-4-3-12(11-20)21-14;1-14-3-2-4-15(6-5-14)10-8-12-7-9(11)13-10;7-3-4-1-2-5(10-4)6(8)9/h3-4,9-11H,2,5-8H2,1H3;7-8H,2-6H2,1H3;1-3,8-9H. The zero-order valence-electron chi connectivity index (χ0n) is 25.9. The smallest absolute Gasteiger partial charge is 0.462 e. The second kappa shape index (κ2) is 17.5. The molecule has 0 radical (unpaired) electrons. The third-order valence-electron chi connectivity index (χ3n) is 7.31. The van der Waals surface area contributed by atoms with Crippen LogP contribution in [0.25, 0.3) is 11.5 Å². The van der Waals surface area contributed by atoms with Crippen LogP contribution in [0.15, 0.2) is 57.9 Å². The highest BCUT2D eigenvalue weighted by Crippen LogP contribution is 2.22. The van der Waals surface area contributed by atoms with E-state index in [0.717, 1.165) is 76.8 Å². The molecule has 244 valence electrons. The Kier molecular flexibility index (Phi) is 13.2. The van der Waals surface area contributed by atoms with Gasteiger partial charge in [-0.2, -0.15) is 0 Å². The predicted octanol–water partition coefficient (Wildman–Crippen LogP) is 1.73. The van der Waals surface area contributed by atoms with Crippen LogP contribution in [0.4, 0.5) is 11.6 Å². The molecule has 0 saturated carbocycles. The van der Waals surface area contributed by atoms with E-state index < -0.39 is 7.12 Å². The van der Waals surface area contributed by atoms with Crippen molar-refractivity contribution >= 4 is 48.6 Å². The Morgan fingerprint density at radius 3 is 1.80 bits per heavy atom. The zero-order chi connectivity index (χ0) is 32.9. The Labute approximate surface area is 272 Å². The number of rotatable bonds is 6. The largest absolute Gasteiger partial charge is 0.526 e. The lowest BCUT2D eigenvalue weighted by Gasteiger charge is -2.21. The zero-order valence-corrected chi connectivity index (χ0v) is 26.7. The number of carbonyl (C=O) groups is 2. The number of aldehydes is 2. The fourth-order valence-electron chi connectivity index (χ4n) is 4.79. The van der Waals surface area contributed by atoms with Crippen molar-refractivity contribution in [3.8, 4) is 11.5 Å². The lowest BCUT2D eigenvalue weighted by atomic mass is 9.88. The Morgan fingerprint density at radius 2 is 1.28 bits per heavy atom. The summed E-state index contributed by atoms with van der Waals surface area (Å²) in [6, 6.07) is 6.07. The minimum absolute atomic E-state index is 0.0258. The number of anilines is 2. The van der Waals surface area contributed by atoms with Gasteiger partial charge in [-0.25, -0.2) is 9.97 Å². The Morgan fingerprint density at radius 1 is 0.717 bits per heavy atom. The van der Waals surface area contributed by atoms with E-state index in [0.29, 0.717) is 34.9 Å². The molecule has 2 fully saturated rings. The van der Waals surface area contributed by atoms with E-state index in [1.807, 2.05) is 0 Å². The van der Waals surface area contributed by atoms with Crippen LogP contribution in [-0.2, 0) is 0 Å². The molecule has 0 spiro atoms. The monoisotopic (exact) mass is 652 g/mol. The van der Waals surface area contributed by atoms with Crippen LogP contribution in [-0.4, -0.2) is 126 Å². The average molecular weight is 653 g/mol. The predicted molar refractivity (Wildman–Crippen MR) is 175 cm³/mol. The van der Waals surface area contributed by atoms with Crippen LogP contribution >= 0.6 is 11.6 Å². The third kappa shape index (κ3) is 10.5. The van der Waals surface area contributed by atoms with E-state index in [-0.39, 0.29) is 11.4 Å². The Hall–Kier alpha value is -4.15. The molecule has 2 N–H and O–H groups in total. The van der Waals surface area contributed by atoms with Crippen molar-refractivity contribution in [2.24, 2.45) is 0 Å². The molecule has 14 nitrogen and oxygen atoms in total. The van der Waals surface area contributed by atoms with Gasteiger partial charge in [0.2, 0.25) is 0 Å². The van der Waals surface area contributed by atoms with Crippen molar-refractivity contribution in [2.75, 3.05) is 76.3 Å². The molecule has 16 heteroatoms. The molecule has 2 aliphatic rings. The summed E-state index contributed by atoms with van der Waals surface area (Å²) in [7, 11) is 2.64. The number of hydrogen-bond donors (Lipinski definition) is 2. The summed E-state index contributed by atoms with van der Waals surface area (Å²) in [4.78, 5) is 47.0. The molecule has 6 rings (SSSR count). The van der Waals surface area contributed by atoms with Gasteiger partial charge in [0.05, 0.1) is 24.8 Å². The molecule has 2 saturated heterocycles. The maximum atomic E-state index is 10.7. The summed E-state index contributed by atoms with van der Waals surface area (Å²) in [5.41, 5.74) is 0.625. The first kappa shape index (κ1) is 34.7. The molecule has 0 bridgehead atoms. The number of likely N-dealkylation sites (N-methyl/N-ethyl adjacent to an activating group) is 2. The van der Waals surface area contributed by atoms with E-state index in [2.05, 4.69) is 58.0 Å². The number of nitrogens with zero attached hydrogens (tertiary/aromatic N) is 8. The van der Waals surface area contributed by atoms with Crippen molar-refractivity contribution in [1.29, 1.82) is 0 Å². The van der Waals surface area contributed by atoms with Crippen LogP contribution in [0.2, 0.25) is 5.15 Å². The van der Waals surface area contributed by atoms with Crippen molar-refractivity contribution in [2.45, 2.75) is 12.8 Å².